The Balaban J connectivity index is 2.10. The van der Waals surface area contributed by atoms with Crippen molar-refractivity contribution in [2.24, 2.45) is 0 Å². The van der Waals surface area contributed by atoms with Gasteiger partial charge in [0.15, 0.2) is 0 Å². The molecule has 1 aromatic heterocycles. The predicted molar refractivity (Wildman–Crippen MR) is 82.6 cm³/mol. The molecule has 0 fully saturated rings. The second kappa shape index (κ2) is 6.73. The number of rotatable bonds is 5. The molecule has 0 spiro atoms. The van der Waals surface area contributed by atoms with Crippen LogP contribution in [0.5, 0.6) is 11.5 Å². The second-order valence-corrected chi connectivity index (χ2v) is 5.14. The molecule has 0 saturated carbocycles. The highest BCUT2D eigenvalue weighted by molar-refractivity contribution is 6.32. The van der Waals surface area contributed by atoms with E-state index in [9.17, 15) is 0 Å². The highest BCUT2D eigenvalue weighted by Gasteiger charge is 2.07. The summed E-state index contributed by atoms with van der Waals surface area (Å²) in [6.45, 7) is 7.07. The van der Waals surface area contributed by atoms with Crippen molar-refractivity contribution in [2.75, 3.05) is 6.54 Å². The summed E-state index contributed by atoms with van der Waals surface area (Å²) in [6, 6.07) is 9.82. The van der Waals surface area contributed by atoms with Gasteiger partial charge in [0.05, 0.1) is 16.9 Å². The van der Waals surface area contributed by atoms with Gasteiger partial charge in [0.1, 0.15) is 11.5 Å². The standard InChI is InChI=1S/C16H19ClN2O/c1-4-18-12(3)15-7-6-13(10-19-15)20-16-8-5-11(2)9-14(16)17/h5-10,12,18H,4H2,1-3H3. The van der Waals surface area contributed by atoms with Crippen LogP contribution < -0.4 is 10.1 Å². The minimum atomic E-state index is 0.233. The van der Waals surface area contributed by atoms with Crippen molar-refractivity contribution >= 4 is 11.6 Å². The van der Waals surface area contributed by atoms with E-state index in [4.69, 9.17) is 16.3 Å². The molecule has 0 aliphatic carbocycles. The molecule has 1 N–H and O–H groups in total. The Bertz CT molecular complexity index is 569. The summed E-state index contributed by atoms with van der Waals surface area (Å²) in [6.07, 6.45) is 1.72. The lowest BCUT2D eigenvalue weighted by molar-refractivity contribution is 0.478. The normalized spacial score (nSPS) is 12.2. The molecule has 0 aliphatic rings. The van der Waals surface area contributed by atoms with Crippen LogP contribution in [0.4, 0.5) is 0 Å². The number of hydrogen-bond acceptors (Lipinski definition) is 3. The highest BCUT2D eigenvalue weighted by Crippen LogP contribution is 2.29. The van der Waals surface area contributed by atoms with Crippen molar-refractivity contribution < 1.29 is 4.74 Å². The van der Waals surface area contributed by atoms with Gasteiger partial charge in [-0.3, -0.25) is 4.98 Å². The molecule has 3 nitrogen and oxygen atoms in total. The van der Waals surface area contributed by atoms with Crippen molar-refractivity contribution in [3.05, 3.63) is 52.8 Å². The molecule has 1 heterocycles. The van der Waals surface area contributed by atoms with Crippen molar-refractivity contribution in [1.82, 2.24) is 10.3 Å². The quantitative estimate of drug-likeness (QED) is 0.880. The second-order valence-electron chi connectivity index (χ2n) is 4.73. The van der Waals surface area contributed by atoms with Crippen LogP contribution >= 0.6 is 11.6 Å². The lowest BCUT2D eigenvalue weighted by atomic mass is 10.2. The maximum Gasteiger partial charge on any atom is 0.146 e. The zero-order chi connectivity index (χ0) is 14.5. The van der Waals surface area contributed by atoms with Gasteiger partial charge in [-0.1, -0.05) is 24.6 Å². The molecule has 4 heteroatoms. The first-order valence-corrected chi connectivity index (χ1v) is 7.11. The average molecular weight is 291 g/mol. The summed E-state index contributed by atoms with van der Waals surface area (Å²) in [7, 11) is 0. The first-order valence-electron chi connectivity index (χ1n) is 6.73. The third-order valence-electron chi connectivity index (χ3n) is 3.03. The van der Waals surface area contributed by atoms with Gasteiger partial charge < -0.3 is 10.1 Å². The summed E-state index contributed by atoms with van der Waals surface area (Å²) in [5, 5.41) is 3.93. The van der Waals surface area contributed by atoms with Crippen LogP contribution in [0.15, 0.2) is 36.5 Å². The first kappa shape index (κ1) is 14.8. The Morgan fingerprint density at radius 3 is 2.70 bits per heavy atom. The SMILES string of the molecule is CCNC(C)c1ccc(Oc2ccc(C)cc2Cl)cn1. The first-order chi connectivity index (χ1) is 9.60. The van der Waals surface area contributed by atoms with E-state index >= 15 is 0 Å². The highest BCUT2D eigenvalue weighted by atomic mass is 35.5. The minimum Gasteiger partial charge on any atom is -0.454 e. The Morgan fingerprint density at radius 2 is 2.10 bits per heavy atom. The molecule has 0 saturated heterocycles. The molecular weight excluding hydrogens is 272 g/mol. The number of ether oxygens (including phenoxy) is 1. The van der Waals surface area contributed by atoms with E-state index in [0.29, 0.717) is 16.5 Å². The van der Waals surface area contributed by atoms with E-state index < -0.39 is 0 Å². The number of pyridine rings is 1. The van der Waals surface area contributed by atoms with Gasteiger partial charge in [0, 0.05) is 6.04 Å². The molecule has 1 aromatic carbocycles. The molecule has 0 bridgehead atoms. The molecule has 106 valence electrons. The van der Waals surface area contributed by atoms with Gasteiger partial charge in [0.25, 0.3) is 0 Å². The summed E-state index contributed by atoms with van der Waals surface area (Å²) >= 11 is 6.15. The largest absolute Gasteiger partial charge is 0.454 e. The molecule has 2 aromatic rings. The van der Waals surface area contributed by atoms with Crippen molar-refractivity contribution in [1.29, 1.82) is 0 Å². The lowest BCUT2D eigenvalue weighted by Crippen LogP contribution is -2.18. The Kier molecular flexibility index (Phi) is 4.99. The topological polar surface area (TPSA) is 34.1 Å². The molecule has 2 rings (SSSR count). The average Bonchev–Trinajstić information content (AvgIpc) is 2.43. The van der Waals surface area contributed by atoms with Gasteiger partial charge in [-0.2, -0.15) is 0 Å². The molecule has 0 aliphatic heterocycles. The van der Waals surface area contributed by atoms with Gasteiger partial charge in [-0.05, 0) is 50.2 Å². The zero-order valence-corrected chi connectivity index (χ0v) is 12.7. The van der Waals surface area contributed by atoms with E-state index in [-0.39, 0.29) is 6.04 Å². The van der Waals surface area contributed by atoms with Gasteiger partial charge in [-0.15, -0.1) is 0 Å². The van der Waals surface area contributed by atoms with Crippen LogP contribution in [-0.4, -0.2) is 11.5 Å². The summed E-state index contributed by atoms with van der Waals surface area (Å²) < 4.78 is 5.74. The molecule has 1 unspecified atom stereocenters. The minimum absolute atomic E-state index is 0.233. The molecule has 1 atom stereocenters. The summed E-state index contributed by atoms with van der Waals surface area (Å²) in [4.78, 5) is 4.41. The Labute approximate surface area is 124 Å². The number of halogens is 1. The zero-order valence-electron chi connectivity index (χ0n) is 12.0. The van der Waals surface area contributed by atoms with Crippen molar-refractivity contribution in [2.45, 2.75) is 26.8 Å². The van der Waals surface area contributed by atoms with Crippen LogP contribution in [0.2, 0.25) is 5.02 Å². The molecular formula is C16H19ClN2O. The van der Waals surface area contributed by atoms with Crippen molar-refractivity contribution in [3.8, 4) is 11.5 Å². The predicted octanol–water partition coefficient (Wildman–Crippen LogP) is 4.51. The summed E-state index contributed by atoms with van der Waals surface area (Å²) in [5.41, 5.74) is 2.10. The monoisotopic (exact) mass is 290 g/mol. The van der Waals surface area contributed by atoms with Crippen LogP contribution in [0.1, 0.15) is 31.1 Å². The smallest absolute Gasteiger partial charge is 0.146 e. The fraction of sp³-hybridized carbons (Fsp3) is 0.312. The fourth-order valence-electron chi connectivity index (χ4n) is 1.93. The van der Waals surface area contributed by atoms with E-state index in [0.717, 1.165) is 17.8 Å². The van der Waals surface area contributed by atoms with Crippen LogP contribution in [0.25, 0.3) is 0 Å². The van der Waals surface area contributed by atoms with Crippen molar-refractivity contribution in [3.63, 3.8) is 0 Å². The van der Waals surface area contributed by atoms with Crippen LogP contribution in [-0.2, 0) is 0 Å². The number of nitrogens with zero attached hydrogens (tertiary/aromatic N) is 1. The van der Waals surface area contributed by atoms with E-state index in [1.807, 2.05) is 37.3 Å². The Hall–Kier alpha value is -1.58. The molecule has 0 radical (unpaired) electrons. The molecule has 20 heavy (non-hydrogen) atoms. The van der Waals surface area contributed by atoms with Gasteiger partial charge >= 0.3 is 0 Å². The molecule has 0 amide bonds. The number of benzene rings is 1. The van der Waals surface area contributed by atoms with E-state index in [1.54, 1.807) is 6.20 Å². The number of hydrogen-bond donors (Lipinski definition) is 1. The van der Waals surface area contributed by atoms with Crippen LogP contribution in [0.3, 0.4) is 0 Å². The maximum atomic E-state index is 6.15. The fourth-order valence-corrected chi connectivity index (χ4v) is 2.21. The maximum absolute atomic E-state index is 6.15. The summed E-state index contributed by atoms with van der Waals surface area (Å²) in [5.74, 6) is 1.33. The number of aromatic nitrogens is 1. The lowest BCUT2D eigenvalue weighted by Gasteiger charge is -2.12. The number of nitrogens with one attached hydrogen (secondary N) is 1. The third-order valence-corrected chi connectivity index (χ3v) is 3.32. The third kappa shape index (κ3) is 3.71. The van der Waals surface area contributed by atoms with Gasteiger partial charge in [0.2, 0.25) is 0 Å². The van der Waals surface area contributed by atoms with Crippen LogP contribution in [0, 0.1) is 6.92 Å². The van der Waals surface area contributed by atoms with Gasteiger partial charge in [-0.25, -0.2) is 0 Å². The number of aryl methyl sites for hydroxylation is 1. The van der Waals surface area contributed by atoms with E-state index in [2.05, 4.69) is 24.1 Å². The van der Waals surface area contributed by atoms with E-state index in [1.165, 1.54) is 0 Å². The Morgan fingerprint density at radius 1 is 1.30 bits per heavy atom.